The Morgan fingerprint density at radius 2 is 1.67 bits per heavy atom. The lowest BCUT2D eigenvalue weighted by Crippen LogP contribution is -1.90. The second-order valence-electron chi connectivity index (χ2n) is 4.06. The van der Waals surface area contributed by atoms with Crippen LogP contribution in [0.4, 0.5) is 0 Å². The number of ether oxygens (including phenoxy) is 2. The van der Waals surface area contributed by atoms with Crippen LogP contribution in [0.5, 0.6) is 5.75 Å². The van der Waals surface area contributed by atoms with Crippen molar-refractivity contribution in [3.05, 3.63) is 47.9 Å². The average Bonchev–Trinajstić information content (AvgIpc) is 2.44. The first-order chi connectivity index (χ1) is 8.65. The number of rotatable bonds is 3. The van der Waals surface area contributed by atoms with Gasteiger partial charge in [-0.2, -0.15) is 0 Å². The minimum atomic E-state index is -0.0529. The lowest BCUT2D eigenvalue weighted by Gasteiger charge is -2.07. The summed E-state index contributed by atoms with van der Waals surface area (Å²) in [7, 11) is 3.10. The number of allylic oxidation sites excluding steroid dienone is 1. The number of aliphatic hydroxyl groups is 1. The predicted octanol–water partition coefficient (Wildman–Crippen LogP) is 3.74. The fraction of sp³-hybridized carbons (Fsp3) is 0.200. The first-order valence-electron chi connectivity index (χ1n) is 5.67. The third-order valence-electron chi connectivity index (χ3n) is 2.99. The van der Waals surface area contributed by atoms with E-state index in [0.717, 1.165) is 27.7 Å². The molecule has 3 nitrogen and oxygen atoms in total. The number of fused-ring (bicyclic) bond motifs is 1. The summed E-state index contributed by atoms with van der Waals surface area (Å²) >= 11 is 0. The van der Waals surface area contributed by atoms with Gasteiger partial charge in [0.2, 0.25) is 0 Å². The van der Waals surface area contributed by atoms with Gasteiger partial charge in [0.25, 0.3) is 5.95 Å². The lowest BCUT2D eigenvalue weighted by atomic mass is 10.0. The maximum Gasteiger partial charge on any atom is 0.279 e. The maximum absolute atomic E-state index is 9.57. The third kappa shape index (κ3) is 2.25. The first-order valence-corrected chi connectivity index (χ1v) is 5.67. The molecule has 0 radical (unpaired) electrons. The highest BCUT2D eigenvalue weighted by Crippen LogP contribution is 2.25. The summed E-state index contributed by atoms with van der Waals surface area (Å²) in [5, 5.41) is 11.8. The van der Waals surface area contributed by atoms with E-state index in [-0.39, 0.29) is 5.95 Å². The number of aliphatic hydroxyl groups excluding tert-OH is 1. The van der Waals surface area contributed by atoms with Crippen molar-refractivity contribution in [1.82, 2.24) is 0 Å². The first kappa shape index (κ1) is 12.3. The van der Waals surface area contributed by atoms with E-state index in [9.17, 15) is 5.11 Å². The summed E-state index contributed by atoms with van der Waals surface area (Å²) in [6.07, 6.45) is 0. The van der Waals surface area contributed by atoms with Crippen molar-refractivity contribution < 1.29 is 14.6 Å². The fourth-order valence-corrected chi connectivity index (χ4v) is 1.86. The standard InChI is InChI=1S/C15H16O3/c1-10(15(16)18-3)11-4-5-13-9-14(17-2)7-6-12(13)8-11/h4-9,16H,1-3H3/b15-10+. The summed E-state index contributed by atoms with van der Waals surface area (Å²) in [5.74, 6) is 0.783. The molecule has 0 aliphatic heterocycles. The van der Waals surface area contributed by atoms with Crippen molar-refractivity contribution in [2.45, 2.75) is 6.92 Å². The van der Waals surface area contributed by atoms with Crippen molar-refractivity contribution >= 4 is 16.3 Å². The van der Waals surface area contributed by atoms with E-state index < -0.39 is 0 Å². The monoisotopic (exact) mass is 244 g/mol. The Kier molecular flexibility index (Phi) is 3.42. The van der Waals surface area contributed by atoms with E-state index in [0.29, 0.717) is 0 Å². The highest BCUT2D eigenvalue weighted by Gasteiger charge is 2.05. The molecular formula is C15H16O3. The van der Waals surface area contributed by atoms with Crippen LogP contribution >= 0.6 is 0 Å². The molecule has 0 spiro atoms. The molecule has 0 fully saturated rings. The van der Waals surface area contributed by atoms with Gasteiger partial charge in [-0.15, -0.1) is 0 Å². The Morgan fingerprint density at radius 1 is 1.00 bits per heavy atom. The van der Waals surface area contributed by atoms with Gasteiger partial charge in [0.15, 0.2) is 0 Å². The molecule has 2 aromatic rings. The highest BCUT2D eigenvalue weighted by atomic mass is 16.6. The molecule has 94 valence electrons. The van der Waals surface area contributed by atoms with Gasteiger partial charge < -0.3 is 14.6 Å². The van der Waals surface area contributed by atoms with Gasteiger partial charge in [-0.05, 0) is 41.5 Å². The van der Waals surface area contributed by atoms with Gasteiger partial charge >= 0.3 is 0 Å². The van der Waals surface area contributed by atoms with Gasteiger partial charge in [-0.25, -0.2) is 0 Å². The summed E-state index contributed by atoms with van der Waals surface area (Å²) in [5.41, 5.74) is 1.65. The van der Waals surface area contributed by atoms with Crippen LogP contribution in [-0.2, 0) is 4.74 Å². The normalized spacial score (nSPS) is 12.2. The van der Waals surface area contributed by atoms with Crippen LogP contribution in [0.1, 0.15) is 12.5 Å². The van der Waals surface area contributed by atoms with Gasteiger partial charge in [-0.3, -0.25) is 0 Å². The molecular weight excluding hydrogens is 228 g/mol. The van der Waals surface area contributed by atoms with Crippen LogP contribution in [-0.4, -0.2) is 19.3 Å². The van der Waals surface area contributed by atoms with E-state index in [1.165, 1.54) is 7.11 Å². The van der Waals surface area contributed by atoms with E-state index >= 15 is 0 Å². The predicted molar refractivity (Wildman–Crippen MR) is 72.7 cm³/mol. The number of benzene rings is 2. The van der Waals surface area contributed by atoms with Gasteiger partial charge in [-0.1, -0.05) is 18.2 Å². The molecule has 0 heterocycles. The average molecular weight is 244 g/mol. The fourth-order valence-electron chi connectivity index (χ4n) is 1.86. The third-order valence-corrected chi connectivity index (χ3v) is 2.99. The van der Waals surface area contributed by atoms with Crippen LogP contribution in [0.3, 0.4) is 0 Å². The molecule has 0 unspecified atom stereocenters. The zero-order valence-corrected chi connectivity index (χ0v) is 10.7. The van der Waals surface area contributed by atoms with E-state index in [4.69, 9.17) is 9.47 Å². The number of hydrogen-bond acceptors (Lipinski definition) is 3. The molecule has 0 aliphatic rings. The Labute approximate surface area is 106 Å². The zero-order chi connectivity index (χ0) is 13.1. The molecule has 0 aromatic heterocycles. The molecule has 0 bridgehead atoms. The van der Waals surface area contributed by atoms with Crippen molar-refractivity contribution in [2.24, 2.45) is 0 Å². The Morgan fingerprint density at radius 3 is 2.33 bits per heavy atom. The van der Waals surface area contributed by atoms with E-state index in [2.05, 4.69) is 0 Å². The molecule has 0 saturated carbocycles. The molecule has 0 aliphatic carbocycles. The highest BCUT2D eigenvalue weighted by molar-refractivity contribution is 5.87. The molecule has 3 heteroatoms. The SMILES string of the molecule is CO/C(O)=C(\C)c1ccc2cc(OC)ccc2c1. The van der Waals surface area contributed by atoms with Gasteiger partial charge in [0, 0.05) is 5.57 Å². The molecule has 2 rings (SSSR count). The van der Waals surface area contributed by atoms with Crippen LogP contribution in [0.15, 0.2) is 42.3 Å². The van der Waals surface area contributed by atoms with Crippen LogP contribution in [0.2, 0.25) is 0 Å². The van der Waals surface area contributed by atoms with Gasteiger partial charge in [0.1, 0.15) is 5.75 Å². The minimum Gasteiger partial charge on any atom is -0.497 e. The summed E-state index contributed by atoms with van der Waals surface area (Å²) in [6, 6.07) is 11.9. The Hall–Kier alpha value is -2.16. The van der Waals surface area contributed by atoms with Crippen LogP contribution in [0, 0.1) is 0 Å². The number of hydrogen-bond donors (Lipinski definition) is 1. The molecule has 0 atom stereocenters. The second kappa shape index (κ2) is 5.00. The second-order valence-corrected chi connectivity index (χ2v) is 4.06. The van der Waals surface area contributed by atoms with E-state index in [1.807, 2.05) is 43.3 Å². The van der Waals surface area contributed by atoms with Crippen molar-refractivity contribution in [1.29, 1.82) is 0 Å². The summed E-state index contributed by atoms with van der Waals surface area (Å²) < 4.78 is 10.0. The summed E-state index contributed by atoms with van der Waals surface area (Å²) in [4.78, 5) is 0. The zero-order valence-electron chi connectivity index (χ0n) is 10.7. The quantitative estimate of drug-likeness (QED) is 0.836. The van der Waals surface area contributed by atoms with Gasteiger partial charge in [0.05, 0.1) is 14.2 Å². The van der Waals surface area contributed by atoms with Crippen LogP contribution < -0.4 is 4.74 Å². The molecule has 0 amide bonds. The van der Waals surface area contributed by atoms with Crippen molar-refractivity contribution in [2.75, 3.05) is 14.2 Å². The smallest absolute Gasteiger partial charge is 0.279 e. The topological polar surface area (TPSA) is 38.7 Å². The largest absolute Gasteiger partial charge is 0.497 e. The molecule has 2 aromatic carbocycles. The Balaban J connectivity index is 2.52. The van der Waals surface area contributed by atoms with Crippen LogP contribution in [0.25, 0.3) is 16.3 Å². The number of methoxy groups -OCH3 is 2. The molecule has 1 N–H and O–H groups in total. The molecule has 18 heavy (non-hydrogen) atoms. The molecule has 0 saturated heterocycles. The minimum absolute atomic E-state index is 0.0529. The maximum atomic E-state index is 9.57. The summed E-state index contributed by atoms with van der Waals surface area (Å²) in [6.45, 7) is 1.82. The lowest BCUT2D eigenvalue weighted by molar-refractivity contribution is 0.139. The van der Waals surface area contributed by atoms with Crippen molar-refractivity contribution in [3.63, 3.8) is 0 Å². The Bertz CT molecular complexity index is 600. The van der Waals surface area contributed by atoms with Crippen molar-refractivity contribution in [3.8, 4) is 5.75 Å². The van der Waals surface area contributed by atoms with E-state index in [1.54, 1.807) is 7.11 Å².